The van der Waals surface area contributed by atoms with E-state index in [2.05, 4.69) is 4.72 Å². The van der Waals surface area contributed by atoms with Gasteiger partial charge in [0.25, 0.3) is 0 Å². The molecule has 1 atom stereocenters. The SMILES string of the molecule is CC(C)C(O)C(C)(C)CNS(=O)(=O)CCc1ccccc1. The van der Waals surface area contributed by atoms with Crippen molar-refractivity contribution in [2.24, 2.45) is 11.3 Å². The fourth-order valence-electron chi connectivity index (χ4n) is 2.27. The number of aryl methyl sites for hydroxylation is 1. The van der Waals surface area contributed by atoms with Gasteiger partial charge in [-0.3, -0.25) is 0 Å². The van der Waals surface area contributed by atoms with Crippen molar-refractivity contribution in [2.75, 3.05) is 12.3 Å². The molecule has 1 aromatic carbocycles. The van der Waals surface area contributed by atoms with Crippen LogP contribution in [0, 0.1) is 11.3 Å². The molecule has 1 unspecified atom stereocenters. The van der Waals surface area contributed by atoms with E-state index in [0.29, 0.717) is 6.42 Å². The molecule has 21 heavy (non-hydrogen) atoms. The molecule has 0 saturated heterocycles. The van der Waals surface area contributed by atoms with Crippen molar-refractivity contribution >= 4 is 10.0 Å². The quantitative estimate of drug-likeness (QED) is 0.773. The smallest absolute Gasteiger partial charge is 0.211 e. The first kappa shape index (κ1) is 18.1. The van der Waals surface area contributed by atoms with Gasteiger partial charge in [-0.15, -0.1) is 0 Å². The van der Waals surface area contributed by atoms with Gasteiger partial charge >= 0.3 is 0 Å². The van der Waals surface area contributed by atoms with E-state index in [1.807, 2.05) is 58.0 Å². The third kappa shape index (κ3) is 6.16. The summed E-state index contributed by atoms with van der Waals surface area (Å²) in [5, 5.41) is 10.1. The van der Waals surface area contributed by atoms with E-state index in [1.165, 1.54) is 0 Å². The summed E-state index contributed by atoms with van der Waals surface area (Å²) in [5.41, 5.74) is 0.512. The largest absolute Gasteiger partial charge is 0.392 e. The van der Waals surface area contributed by atoms with Crippen molar-refractivity contribution in [3.05, 3.63) is 35.9 Å². The lowest BCUT2D eigenvalue weighted by Crippen LogP contribution is -2.44. The van der Waals surface area contributed by atoms with E-state index in [-0.39, 0.29) is 18.2 Å². The van der Waals surface area contributed by atoms with E-state index in [0.717, 1.165) is 5.56 Å². The highest BCUT2D eigenvalue weighted by Gasteiger charge is 2.31. The molecule has 1 aromatic rings. The maximum absolute atomic E-state index is 12.1. The fourth-order valence-corrected chi connectivity index (χ4v) is 3.51. The predicted molar refractivity (Wildman–Crippen MR) is 86.6 cm³/mol. The van der Waals surface area contributed by atoms with E-state index in [9.17, 15) is 13.5 Å². The van der Waals surface area contributed by atoms with E-state index < -0.39 is 21.5 Å². The zero-order valence-electron chi connectivity index (χ0n) is 13.3. The molecular weight excluding hydrogens is 286 g/mol. The van der Waals surface area contributed by atoms with Crippen molar-refractivity contribution in [3.63, 3.8) is 0 Å². The molecule has 4 nitrogen and oxygen atoms in total. The number of rotatable bonds is 8. The molecule has 0 aliphatic carbocycles. The maximum atomic E-state index is 12.1. The van der Waals surface area contributed by atoms with Crippen molar-refractivity contribution in [3.8, 4) is 0 Å². The lowest BCUT2D eigenvalue weighted by molar-refractivity contribution is 0.0166. The summed E-state index contributed by atoms with van der Waals surface area (Å²) in [5.74, 6) is 0.152. The summed E-state index contributed by atoms with van der Waals surface area (Å²) in [6.07, 6.45) is -0.0575. The molecule has 0 aromatic heterocycles. The molecule has 0 aliphatic rings. The Morgan fingerprint density at radius 1 is 1.19 bits per heavy atom. The summed E-state index contributed by atoms with van der Waals surface area (Å²) in [6, 6.07) is 9.55. The lowest BCUT2D eigenvalue weighted by Gasteiger charge is -2.33. The lowest BCUT2D eigenvalue weighted by atomic mass is 9.81. The highest BCUT2D eigenvalue weighted by molar-refractivity contribution is 7.89. The summed E-state index contributed by atoms with van der Waals surface area (Å²) in [4.78, 5) is 0. The second-order valence-corrected chi connectivity index (χ2v) is 8.48. The maximum Gasteiger partial charge on any atom is 0.211 e. The second-order valence-electron chi connectivity index (χ2n) is 6.55. The molecule has 5 heteroatoms. The molecule has 1 rings (SSSR count). The average molecular weight is 313 g/mol. The third-order valence-corrected chi connectivity index (χ3v) is 5.01. The zero-order chi connectivity index (χ0) is 16.1. The van der Waals surface area contributed by atoms with Gasteiger partial charge in [0.15, 0.2) is 0 Å². The van der Waals surface area contributed by atoms with Crippen LogP contribution in [0.25, 0.3) is 0 Å². The molecule has 0 fully saturated rings. The minimum Gasteiger partial charge on any atom is -0.392 e. The second kappa shape index (κ2) is 7.38. The van der Waals surface area contributed by atoms with Crippen molar-refractivity contribution in [1.82, 2.24) is 4.72 Å². The van der Waals surface area contributed by atoms with Crippen LogP contribution in [-0.2, 0) is 16.4 Å². The summed E-state index contributed by atoms with van der Waals surface area (Å²) < 4.78 is 26.7. The van der Waals surface area contributed by atoms with E-state index >= 15 is 0 Å². The first-order valence-electron chi connectivity index (χ1n) is 7.33. The minimum absolute atomic E-state index is 0.0604. The molecule has 0 amide bonds. The van der Waals surface area contributed by atoms with Gasteiger partial charge in [0.05, 0.1) is 11.9 Å². The number of hydrogen-bond donors (Lipinski definition) is 2. The Bertz CT molecular complexity index is 524. The van der Waals surface area contributed by atoms with E-state index in [1.54, 1.807) is 0 Å². The molecule has 0 heterocycles. The Balaban J connectivity index is 2.53. The Kier molecular flexibility index (Phi) is 6.38. The molecule has 0 spiro atoms. The molecule has 0 radical (unpaired) electrons. The fraction of sp³-hybridized carbons (Fsp3) is 0.625. The van der Waals surface area contributed by atoms with Crippen LogP contribution in [0.15, 0.2) is 30.3 Å². The Morgan fingerprint density at radius 3 is 2.29 bits per heavy atom. The monoisotopic (exact) mass is 313 g/mol. The normalized spacial score (nSPS) is 14.4. The highest BCUT2D eigenvalue weighted by Crippen LogP contribution is 2.25. The molecular formula is C16H27NO3S. The van der Waals surface area contributed by atoms with Crippen molar-refractivity contribution in [2.45, 2.75) is 40.2 Å². The number of benzene rings is 1. The van der Waals surface area contributed by atoms with Crippen LogP contribution in [0.5, 0.6) is 0 Å². The molecule has 0 saturated carbocycles. The van der Waals surface area contributed by atoms with Gasteiger partial charge in [-0.2, -0.15) is 0 Å². The number of sulfonamides is 1. The van der Waals surface area contributed by atoms with Gasteiger partial charge in [-0.05, 0) is 17.9 Å². The first-order valence-corrected chi connectivity index (χ1v) is 8.98. The van der Waals surface area contributed by atoms with Crippen LogP contribution < -0.4 is 4.72 Å². The summed E-state index contributed by atoms with van der Waals surface area (Å²) in [6.45, 7) is 7.84. The van der Waals surface area contributed by atoms with Crippen LogP contribution in [0.3, 0.4) is 0 Å². The standard InChI is InChI=1S/C16H27NO3S/c1-13(2)15(18)16(3,4)12-17-21(19,20)11-10-14-8-6-5-7-9-14/h5-9,13,15,17-18H,10-12H2,1-4H3. The predicted octanol–water partition coefficient (Wildman–Crippen LogP) is 2.19. The number of aliphatic hydroxyl groups is 1. The van der Waals surface area contributed by atoms with E-state index in [4.69, 9.17) is 0 Å². The van der Waals surface area contributed by atoms with Crippen LogP contribution in [-0.4, -0.2) is 31.9 Å². The van der Waals surface area contributed by atoms with Gasteiger partial charge < -0.3 is 5.11 Å². The van der Waals surface area contributed by atoms with Crippen LogP contribution in [0.2, 0.25) is 0 Å². The Hall–Kier alpha value is -0.910. The summed E-state index contributed by atoms with van der Waals surface area (Å²) in [7, 11) is -3.33. The molecule has 120 valence electrons. The van der Waals surface area contributed by atoms with Gasteiger partial charge in [-0.25, -0.2) is 13.1 Å². The first-order chi connectivity index (χ1) is 9.64. The topological polar surface area (TPSA) is 66.4 Å². The number of hydrogen-bond acceptors (Lipinski definition) is 3. The van der Waals surface area contributed by atoms with Gasteiger partial charge in [0.1, 0.15) is 0 Å². The zero-order valence-corrected chi connectivity index (χ0v) is 14.2. The summed E-state index contributed by atoms with van der Waals surface area (Å²) >= 11 is 0. The Labute approximate surface area is 128 Å². The van der Waals surface area contributed by atoms with Crippen LogP contribution in [0.1, 0.15) is 33.3 Å². The van der Waals surface area contributed by atoms with Crippen molar-refractivity contribution in [1.29, 1.82) is 0 Å². The number of nitrogens with one attached hydrogen (secondary N) is 1. The average Bonchev–Trinajstić information content (AvgIpc) is 2.44. The molecule has 0 bridgehead atoms. The highest BCUT2D eigenvalue weighted by atomic mass is 32.2. The molecule has 0 aliphatic heterocycles. The Morgan fingerprint density at radius 2 is 1.76 bits per heavy atom. The van der Waals surface area contributed by atoms with Gasteiger partial charge in [-0.1, -0.05) is 58.0 Å². The van der Waals surface area contributed by atoms with Crippen LogP contribution in [0.4, 0.5) is 0 Å². The number of aliphatic hydroxyl groups excluding tert-OH is 1. The van der Waals surface area contributed by atoms with Crippen molar-refractivity contribution < 1.29 is 13.5 Å². The minimum atomic E-state index is -3.33. The third-order valence-electron chi connectivity index (χ3n) is 3.68. The van der Waals surface area contributed by atoms with Crippen LogP contribution >= 0.6 is 0 Å². The van der Waals surface area contributed by atoms with Gasteiger partial charge in [0, 0.05) is 12.0 Å². The molecule has 2 N–H and O–H groups in total. The van der Waals surface area contributed by atoms with Gasteiger partial charge in [0.2, 0.25) is 10.0 Å².